The van der Waals surface area contributed by atoms with E-state index in [1.807, 2.05) is 18.2 Å². The standard InChI is InChI=1S/C11H14Br2N2OS/c1-16-7-3-6-14-11(17)15-10-8(12)4-2-5-9(10)13/h2,4-5H,3,6-7H2,1H3,(H2,14,15,17). The third-order valence-electron chi connectivity index (χ3n) is 2.01. The van der Waals surface area contributed by atoms with Crippen molar-refractivity contribution < 1.29 is 4.74 Å². The first-order valence-corrected chi connectivity index (χ1v) is 7.12. The fourth-order valence-electron chi connectivity index (χ4n) is 1.19. The summed E-state index contributed by atoms with van der Waals surface area (Å²) < 4.78 is 6.89. The van der Waals surface area contributed by atoms with Gasteiger partial charge in [-0.25, -0.2) is 0 Å². The summed E-state index contributed by atoms with van der Waals surface area (Å²) in [4.78, 5) is 0. The molecule has 0 atom stereocenters. The highest BCUT2D eigenvalue weighted by molar-refractivity contribution is 9.11. The van der Waals surface area contributed by atoms with Gasteiger partial charge in [0.05, 0.1) is 5.69 Å². The van der Waals surface area contributed by atoms with Crippen molar-refractivity contribution in [2.45, 2.75) is 6.42 Å². The van der Waals surface area contributed by atoms with E-state index in [1.54, 1.807) is 7.11 Å². The van der Waals surface area contributed by atoms with Crippen molar-refractivity contribution in [2.24, 2.45) is 0 Å². The van der Waals surface area contributed by atoms with Crippen LogP contribution in [0.5, 0.6) is 0 Å². The Kier molecular flexibility index (Phi) is 7.03. The summed E-state index contributed by atoms with van der Waals surface area (Å²) in [5, 5.41) is 6.87. The Labute approximate surface area is 124 Å². The van der Waals surface area contributed by atoms with Gasteiger partial charge in [-0.1, -0.05) is 6.07 Å². The average molecular weight is 382 g/mol. The van der Waals surface area contributed by atoms with E-state index in [9.17, 15) is 0 Å². The van der Waals surface area contributed by atoms with E-state index in [2.05, 4.69) is 42.5 Å². The topological polar surface area (TPSA) is 33.3 Å². The maximum atomic E-state index is 5.20. The minimum absolute atomic E-state index is 0.605. The van der Waals surface area contributed by atoms with E-state index in [1.165, 1.54) is 0 Å². The number of thiocarbonyl (C=S) groups is 1. The Bertz CT molecular complexity index is 367. The second-order valence-corrected chi connectivity index (χ2v) is 5.44. The third kappa shape index (κ3) is 5.33. The van der Waals surface area contributed by atoms with Gasteiger partial charge in [0.15, 0.2) is 5.11 Å². The molecule has 17 heavy (non-hydrogen) atoms. The van der Waals surface area contributed by atoms with Gasteiger partial charge < -0.3 is 15.4 Å². The van der Waals surface area contributed by atoms with Crippen LogP contribution in [-0.2, 0) is 4.74 Å². The van der Waals surface area contributed by atoms with E-state index >= 15 is 0 Å². The van der Waals surface area contributed by atoms with Gasteiger partial charge in [-0.05, 0) is 62.6 Å². The molecule has 0 fully saturated rings. The molecule has 6 heteroatoms. The smallest absolute Gasteiger partial charge is 0.170 e. The minimum atomic E-state index is 0.605. The normalized spacial score (nSPS) is 10.1. The molecule has 3 nitrogen and oxygen atoms in total. The lowest BCUT2D eigenvalue weighted by Crippen LogP contribution is -2.30. The first kappa shape index (κ1) is 14.9. The Balaban J connectivity index is 2.45. The predicted molar refractivity (Wildman–Crippen MR) is 82.6 cm³/mol. The van der Waals surface area contributed by atoms with E-state index in [0.717, 1.165) is 34.2 Å². The van der Waals surface area contributed by atoms with Crippen LogP contribution in [0.1, 0.15) is 6.42 Å². The van der Waals surface area contributed by atoms with E-state index < -0.39 is 0 Å². The summed E-state index contributed by atoms with van der Waals surface area (Å²) in [6.45, 7) is 1.52. The molecule has 0 amide bonds. The van der Waals surface area contributed by atoms with Crippen LogP contribution in [0.25, 0.3) is 0 Å². The largest absolute Gasteiger partial charge is 0.385 e. The van der Waals surface area contributed by atoms with Crippen LogP contribution in [0, 0.1) is 0 Å². The van der Waals surface area contributed by atoms with Crippen LogP contribution < -0.4 is 10.6 Å². The van der Waals surface area contributed by atoms with Gasteiger partial charge in [0, 0.05) is 29.2 Å². The molecular weight excluding hydrogens is 368 g/mol. The molecule has 0 bridgehead atoms. The first-order valence-electron chi connectivity index (χ1n) is 5.13. The number of rotatable bonds is 5. The monoisotopic (exact) mass is 380 g/mol. The molecule has 0 spiro atoms. The van der Waals surface area contributed by atoms with Crippen molar-refractivity contribution in [3.63, 3.8) is 0 Å². The van der Waals surface area contributed by atoms with Gasteiger partial charge >= 0.3 is 0 Å². The minimum Gasteiger partial charge on any atom is -0.385 e. The zero-order chi connectivity index (χ0) is 12.7. The van der Waals surface area contributed by atoms with E-state index in [0.29, 0.717) is 5.11 Å². The van der Waals surface area contributed by atoms with Gasteiger partial charge in [0.2, 0.25) is 0 Å². The Morgan fingerprint density at radius 2 is 2.00 bits per heavy atom. The molecule has 1 aromatic carbocycles. The molecular formula is C11H14Br2N2OS. The van der Waals surface area contributed by atoms with Crippen molar-refractivity contribution in [1.29, 1.82) is 0 Å². The second-order valence-electron chi connectivity index (χ2n) is 3.32. The predicted octanol–water partition coefficient (Wildman–Crippen LogP) is 3.53. The number of nitrogens with one attached hydrogen (secondary N) is 2. The molecule has 0 aliphatic carbocycles. The molecule has 0 unspecified atom stereocenters. The molecule has 0 saturated heterocycles. The summed E-state index contributed by atoms with van der Waals surface area (Å²) >= 11 is 12.1. The number of hydrogen-bond acceptors (Lipinski definition) is 2. The van der Waals surface area contributed by atoms with Crippen LogP contribution in [0.15, 0.2) is 27.1 Å². The molecule has 94 valence electrons. The van der Waals surface area contributed by atoms with E-state index in [-0.39, 0.29) is 0 Å². The van der Waals surface area contributed by atoms with E-state index in [4.69, 9.17) is 17.0 Å². The van der Waals surface area contributed by atoms with Gasteiger partial charge in [-0.15, -0.1) is 0 Å². The van der Waals surface area contributed by atoms with Crippen LogP contribution in [-0.4, -0.2) is 25.4 Å². The highest BCUT2D eigenvalue weighted by Gasteiger charge is 2.05. The summed E-state index contributed by atoms with van der Waals surface area (Å²) in [7, 11) is 1.69. The SMILES string of the molecule is COCCCNC(=S)Nc1c(Br)cccc1Br. The number of anilines is 1. The number of para-hydroxylation sites is 1. The number of methoxy groups -OCH3 is 1. The van der Waals surface area contributed by atoms with Crippen LogP contribution in [0.3, 0.4) is 0 Å². The van der Waals surface area contributed by atoms with Gasteiger partial charge in [0.25, 0.3) is 0 Å². The maximum absolute atomic E-state index is 5.20. The molecule has 0 aliphatic heterocycles. The highest BCUT2D eigenvalue weighted by Crippen LogP contribution is 2.30. The zero-order valence-electron chi connectivity index (χ0n) is 9.43. The van der Waals surface area contributed by atoms with Crippen molar-refractivity contribution in [3.8, 4) is 0 Å². The van der Waals surface area contributed by atoms with Crippen molar-refractivity contribution in [2.75, 3.05) is 25.6 Å². The summed E-state index contributed by atoms with van der Waals surface area (Å²) in [5.41, 5.74) is 0.928. The van der Waals surface area contributed by atoms with Crippen LogP contribution in [0.4, 0.5) is 5.69 Å². The number of halogens is 2. The third-order valence-corrected chi connectivity index (χ3v) is 3.58. The molecule has 1 aromatic rings. The first-order chi connectivity index (χ1) is 8.15. The fourth-order valence-corrected chi connectivity index (χ4v) is 2.59. The molecule has 0 saturated carbocycles. The molecule has 0 heterocycles. The summed E-state index contributed by atoms with van der Waals surface area (Å²) in [6, 6.07) is 5.87. The second kappa shape index (κ2) is 8.02. The quantitative estimate of drug-likeness (QED) is 0.603. The van der Waals surface area contributed by atoms with Crippen molar-refractivity contribution in [3.05, 3.63) is 27.1 Å². The number of benzene rings is 1. The maximum Gasteiger partial charge on any atom is 0.170 e. The fraction of sp³-hybridized carbons (Fsp3) is 0.364. The molecule has 0 aliphatic rings. The molecule has 1 rings (SSSR count). The zero-order valence-corrected chi connectivity index (χ0v) is 13.4. The van der Waals surface area contributed by atoms with Crippen molar-refractivity contribution in [1.82, 2.24) is 5.32 Å². The summed E-state index contributed by atoms with van der Waals surface area (Å²) in [6.07, 6.45) is 0.926. The lowest BCUT2D eigenvalue weighted by Gasteiger charge is -2.13. The highest BCUT2D eigenvalue weighted by atomic mass is 79.9. The number of hydrogen-bond donors (Lipinski definition) is 2. The molecule has 2 N–H and O–H groups in total. The Morgan fingerprint density at radius 1 is 1.35 bits per heavy atom. The van der Waals surface area contributed by atoms with Crippen LogP contribution in [0.2, 0.25) is 0 Å². The lowest BCUT2D eigenvalue weighted by atomic mass is 10.3. The molecule has 0 aromatic heterocycles. The number of ether oxygens (including phenoxy) is 1. The summed E-state index contributed by atoms with van der Waals surface area (Å²) in [5.74, 6) is 0. The van der Waals surface area contributed by atoms with Crippen LogP contribution >= 0.6 is 44.1 Å². The Hall–Kier alpha value is -0.170. The average Bonchev–Trinajstić information content (AvgIpc) is 2.30. The van der Waals surface area contributed by atoms with Crippen molar-refractivity contribution >= 4 is 54.9 Å². The molecule has 0 radical (unpaired) electrons. The van der Waals surface area contributed by atoms with Gasteiger partial charge in [0.1, 0.15) is 0 Å². The van der Waals surface area contributed by atoms with Gasteiger partial charge in [-0.3, -0.25) is 0 Å². The van der Waals surface area contributed by atoms with Gasteiger partial charge in [-0.2, -0.15) is 0 Å². The Morgan fingerprint density at radius 3 is 2.59 bits per heavy atom. The lowest BCUT2D eigenvalue weighted by molar-refractivity contribution is 0.196.